The Balaban J connectivity index is 2.41. The molecule has 2 rings (SSSR count). The highest BCUT2D eigenvalue weighted by atomic mass is 32.1. The number of likely N-dealkylation sites (N-methyl/N-ethyl adjacent to an activating group) is 2. The molecule has 1 atom stereocenters. The predicted octanol–water partition coefficient (Wildman–Crippen LogP) is 2.45. The maximum Gasteiger partial charge on any atom is 0.347 e. The number of carboxylic acid groups (broad SMARTS) is 1. The number of carboxylic acids is 1. The van der Waals surface area contributed by atoms with Gasteiger partial charge in [-0.2, -0.15) is 0 Å². The van der Waals surface area contributed by atoms with Crippen molar-refractivity contribution in [1.82, 2.24) is 14.8 Å². The standard InChI is InChI=1S/C15H25N3O2S/c1-15(2,3)12-11(14(19)20)21-13(16-12)10-9-17(4)7-6-8-18(10)5/h10H,6-9H2,1-5H3,(H,19,20). The van der Waals surface area contributed by atoms with Crippen LogP contribution in [0.1, 0.15) is 53.6 Å². The van der Waals surface area contributed by atoms with Gasteiger partial charge in [0.15, 0.2) is 0 Å². The number of aromatic carboxylic acids is 1. The molecule has 1 aliphatic rings. The van der Waals surface area contributed by atoms with Crippen LogP contribution in [-0.2, 0) is 5.41 Å². The van der Waals surface area contributed by atoms with E-state index >= 15 is 0 Å². The fourth-order valence-electron chi connectivity index (χ4n) is 2.67. The Morgan fingerprint density at radius 3 is 2.52 bits per heavy atom. The first-order valence-corrected chi connectivity index (χ1v) is 8.15. The molecule has 0 aliphatic carbocycles. The van der Waals surface area contributed by atoms with Crippen LogP contribution in [0.5, 0.6) is 0 Å². The maximum atomic E-state index is 11.5. The zero-order chi connectivity index (χ0) is 15.8. The van der Waals surface area contributed by atoms with E-state index in [0.29, 0.717) is 10.6 Å². The summed E-state index contributed by atoms with van der Waals surface area (Å²) in [4.78, 5) is 21.2. The summed E-state index contributed by atoms with van der Waals surface area (Å²) in [7, 11) is 4.21. The van der Waals surface area contributed by atoms with Crippen molar-refractivity contribution in [3.05, 3.63) is 15.6 Å². The number of carbonyl (C=O) groups is 1. The van der Waals surface area contributed by atoms with E-state index in [1.807, 2.05) is 20.8 Å². The molecule has 0 aromatic carbocycles. The number of hydrogen-bond acceptors (Lipinski definition) is 5. The average Bonchev–Trinajstić information content (AvgIpc) is 2.73. The van der Waals surface area contributed by atoms with Crippen molar-refractivity contribution in [3.8, 4) is 0 Å². The fraction of sp³-hybridized carbons (Fsp3) is 0.733. The summed E-state index contributed by atoms with van der Waals surface area (Å²) in [6.07, 6.45) is 1.13. The topological polar surface area (TPSA) is 56.7 Å². The van der Waals surface area contributed by atoms with Crippen molar-refractivity contribution in [2.45, 2.75) is 38.6 Å². The maximum absolute atomic E-state index is 11.5. The highest BCUT2D eigenvalue weighted by Gasteiger charge is 2.31. The molecule has 1 unspecified atom stereocenters. The van der Waals surface area contributed by atoms with Crippen LogP contribution in [0.2, 0.25) is 0 Å². The lowest BCUT2D eigenvalue weighted by Gasteiger charge is -2.25. The lowest BCUT2D eigenvalue weighted by atomic mass is 9.91. The van der Waals surface area contributed by atoms with E-state index in [2.05, 4.69) is 23.9 Å². The predicted molar refractivity (Wildman–Crippen MR) is 85.3 cm³/mol. The van der Waals surface area contributed by atoms with Crippen LogP contribution >= 0.6 is 11.3 Å². The number of thiazole rings is 1. The van der Waals surface area contributed by atoms with Gasteiger partial charge < -0.3 is 10.0 Å². The van der Waals surface area contributed by atoms with Crippen LogP contribution in [0, 0.1) is 0 Å². The third-order valence-corrected chi connectivity index (χ3v) is 5.05. The van der Waals surface area contributed by atoms with Gasteiger partial charge >= 0.3 is 5.97 Å². The zero-order valence-corrected chi connectivity index (χ0v) is 14.3. The second-order valence-electron chi connectivity index (χ2n) is 6.90. The Hall–Kier alpha value is -0.980. The highest BCUT2D eigenvalue weighted by Crippen LogP contribution is 2.34. The van der Waals surface area contributed by atoms with Gasteiger partial charge in [0.25, 0.3) is 0 Å². The van der Waals surface area contributed by atoms with E-state index in [1.165, 1.54) is 11.3 Å². The minimum Gasteiger partial charge on any atom is -0.477 e. The van der Waals surface area contributed by atoms with E-state index in [1.54, 1.807) is 0 Å². The number of nitrogens with zero attached hydrogens (tertiary/aromatic N) is 3. The highest BCUT2D eigenvalue weighted by molar-refractivity contribution is 7.13. The fourth-order valence-corrected chi connectivity index (χ4v) is 3.94. The molecule has 0 amide bonds. The molecule has 1 aromatic heterocycles. The molecule has 0 bridgehead atoms. The molecule has 1 aromatic rings. The molecular formula is C15H25N3O2S. The number of aromatic nitrogens is 1. The summed E-state index contributed by atoms with van der Waals surface area (Å²) in [5.74, 6) is -0.867. The number of hydrogen-bond donors (Lipinski definition) is 1. The summed E-state index contributed by atoms with van der Waals surface area (Å²) in [6.45, 7) is 9.03. The van der Waals surface area contributed by atoms with Gasteiger partial charge in [-0.3, -0.25) is 4.90 Å². The molecule has 0 spiro atoms. The summed E-state index contributed by atoms with van der Waals surface area (Å²) in [5.41, 5.74) is 0.452. The third-order valence-electron chi connectivity index (χ3n) is 3.90. The zero-order valence-electron chi connectivity index (χ0n) is 13.5. The molecule has 2 heterocycles. The van der Waals surface area contributed by atoms with Crippen LogP contribution in [0.25, 0.3) is 0 Å². The molecular weight excluding hydrogens is 286 g/mol. The smallest absolute Gasteiger partial charge is 0.347 e. The summed E-state index contributed by atoms with van der Waals surface area (Å²) in [6, 6.07) is 0.177. The number of rotatable bonds is 2. The third kappa shape index (κ3) is 3.62. The Labute approximate surface area is 130 Å². The molecule has 0 saturated carbocycles. The van der Waals surface area contributed by atoms with Gasteiger partial charge in [-0.05, 0) is 33.6 Å². The molecule has 118 valence electrons. The average molecular weight is 311 g/mol. The Kier molecular flexibility index (Phi) is 4.70. The second kappa shape index (κ2) is 6.02. The van der Waals surface area contributed by atoms with E-state index in [4.69, 9.17) is 4.98 Å². The summed E-state index contributed by atoms with van der Waals surface area (Å²) >= 11 is 1.34. The van der Waals surface area contributed by atoms with Gasteiger partial charge in [0, 0.05) is 12.0 Å². The van der Waals surface area contributed by atoms with E-state index in [9.17, 15) is 9.90 Å². The Morgan fingerprint density at radius 1 is 1.33 bits per heavy atom. The molecule has 1 saturated heterocycles. The molecule has 21 heavy (non-hydrogen) atoms. The molecule has 0 radical (unpaired) electrons. The monoisotopic (exact) mass is 311 g/mol. The first-order chi connectivity index (χ1) is 9.70. The first-order valence-electron chi connectivity index (χ1n) is 7.33. The SMILES string of the molecule is CN1CCCN(C)C(c2nc(C(C)(C)C)c(C(=O)O)s2)C1. The summed E-state index contributed by atoms with van der Waals surface area (Å²) in [5, 5.41) is 10.4. The van der Waals surface area contributed by atoms with Crippen molar-refractivity contribution >= 4 is 17.3 Å². The van der Waals surface area contributed by atoms with Gasteiger partial charge in [0.05, 0.1) is 11.7 Å². The molecule has 1 fully saturated rings. The van der Waals surface area contributed by atoms with E-state index in [0.717, 1.165) is 31.1 Å². The Morgan fingerprint density at radius 2 is 2.00 bits per heavy atom. The minimum atomic E-state index is -0.867. The van der Waals surface area contributed by atoms with Crippen LogP contribution in [0.4, 0.5) is 0 Å². The molecule has 1 aliphatic heterocycles. The van der Waals surface area contributed by atoms with Gasteiger partial charge in [-0.15, -0.1) is 11.3 Å². The van der Waals surface area contributed by atoms with Crippen molar-refractivity contribution in [2.75, 3.05) is 33.7 Å². The second-order valence-corrected chi connectivity index (χ2v) is 7.93. The van der Waals surface area contributed by atoms with Crippen LogP contribution in [-0.4, -0.2) is 59.6 Å². The van der Waals surface area contributed by atoms with Crippen molar-refractivity contribution in [2.24, 2.45) is 0 Å². The van der Waals surface area contributed by atoms with Crippen LogP contribution < -0.4 is 0 Å². The van der Waals surface area contributed by atoms with Gasteiger partial charge in [0.2, 0.25) is 0 Å². The van der Waals surface area contributed by atoms with E-state index in [-0.39, 0.29) is 11.5 Å². The van der Waals surface area contributed by atoms with E-state index < -0.39 is 5.97 Å². The van der Waals surface area contributed by atoms with Gasteiger partial charge in [-0.25, -0.2) is 9.78 Å². The largest absolute Gasteiger partial charge is 0.477 e. The van der Waals surface area contributed by atoms with Crippen molar-refractivity contribution in [1.29, 1.82) is 0 Å². The Bertz CT molecular complexity index is 521. The van der Waals surface area contributed by atoms with Gasteiger partial charge in [0.1, 0.15) is 9.88 Å². The molecule has 1 N–H and O–H groups in total. The lowest BCUT2D eigenvalue weighted by Crippen LogP contribution is -2.30. The quantitative estimate of drug-likeness (QED) is 0.909. The first kappa shape index (κ1) is 16.4. The van der Waals surface area contributed by atoms with Gasteiger partial charge in [-0.1, -0.05) is 20.8 Å². The molecule has 6 heteroatoms. The normalized spacial score (nSPS) is 22.2. The van der Waals surface area contributed by atoms with Crippen molar-refractivity contribution < 1.29 is 9.90 Å². The van der Waals surface area contributed by atoms with Crippen LogP contribution in [0.15, 0.2) is 0 Å². The van der Waals surface area contributed by atoms with Crippen molar-refractivity contribution in [3.63, 3.8) is 0 Å². The van der Waals surface area contributed by atoms with Crippen LogP contribution in [0.3, 0.4) is 0 Å². The molecule has 5 nitrogen and oxygen atoms in total. The minimum absolute atomic E-state index is 0.177. The summed E-state index contributed by atoms with van der Waals surface area (Å²) < 4.78 is 0. The lowest BCUT2D eigenvalue weighted by molar-refractivity contribution is 0.0699.